The Balaban J connectivity index is 1.61. The number of nitrogens with zero attached hydrogens (tertiary/aromatic N) is 2. The topological polar surface area (TPSA) is 90.1 Å². The summed E-state index contributed by atoms with van der Waals surface area (Å²) in [6.45, 7) is 6.46. The van der Waals surface area contributed by atoms with E-state index >= 15 is 0 Å². The number of ether oxygens (including phenoxy) is 1. The molecule has 0 bridgehead atoms. The van der Waals surface area contributed by atoms with E-state index < -0.39 is 17.5 Å². The number of nitrogens with one attached hydrogen (secondary N) is 1. The summed E-state index contributed by atoms with van der Waals surface area (Å²) in [7, 11) is 1.67. The number of amides is 1. The molecule has 1 aromatic carbocycles. The second-order valence-electron chi connectivity index (χ2n) is 9.36. The lowest BCUT2D eigenvalue weighted by molar-refractivity contribution is -0.0233. The van der Waals surface area contributed by atoms with Gasteiger partial charge in [-0.3, -0.25) is 9.78 Å². The third kappa shape index (κ3) is 5.73. The largest absolute Gasteiger partial charge is 0.377 e. The minimum atomic E-state index is -0.711. The van der Waals surface area contributed by atoms with Gasteiger partial charge in [0, 0.05) is 24.4 Å². The van der Waals surface area contributed by atoms with Crippen LogP contribution in [0.4, 0.5) is 14.5 Å². The van der Waals surface area contributed by atoms with Crippen LogP contribution in [0.5, 0.6) is 0 Å². The van der Waals surface area contributed by atoms with Gasteiger partial charge in [-0.1, -0.05) is 37.8 Å². The van der Waals surface area contributed by atoms with E-state index in [-0.39, 0.29) is 35.0 Å². The number of carbonyl (C=O) groups excluding carboxylic acids is 1. The summed E-state index contributed by atoms with van der Waals surface area (Å²) >= 11 is 0. The first-order valence-corrected chi connectivity index (χ1v) is 12.7. The number of halogens is 2. The van der Waals surface area contributed by atoms with Crippen molar-refractivity contribution in [2.24, 2.45) is 11.7 Å². The van der Waals surface area contributed by atoms with E-state index in [0.29, 0.717) is 23.7 Å². The number of rotatable bonds is 8. The first-order chi connectivity index (χ1) is 17.9. The molecule has 9 heteroatoms. The normalized spacial score (nSPS) is 21.5. The molecule has 0 saturated heterocycles. The van der Waals surface area contributed by atoms with Gasteiger partial charge in [0.05, 0.1) is 18.0 Å². The Hall–Kier alpha value is -3.17. The molecule has 0 spiro atoms. The van der Waals surface area contributed by atoms with Crippen LogP contribution < -0.4 is 16.5 Å². The Morgan fingerprint density at radius 1 is 1.16 bits per heavy atom. The molecule has 3 N–H and O–H groups in total. The Morgan fingerprint density at radius 2 is 1.97 bits per heavy atom. The first kappa shape index (κ1) is 26.9. The molecule has 1 aliphatic carbocycles. The van der Waals surface area contributed by atoms with Crippen LogP contribution in [0.25, 0.3) is 11.3 Å². The Kier molecular flexibility index (Phi) is 8.66. The van der Waals surface area contributed by atoms with Crippen LogP contribution in [-0.2, 0) is 4.74 Å². The average Bonchev–Trinajstić information content (AvgIpc) is 2.90. The zero-order valence-corrected chi connectivity index (χ0v) is 21.4. The summed E-state index contributed by atoms with van der Waals surface area (Å²) in [5.41, 5.74) is 8.27. The molecular formula is C28H32BF2N4O2. The van der Waals surface area contributed by atoms with E-state index in [1.165, 1.54) is 12.1 Å². The predicted octanol–water partition coefficient (Wildman–Crippen LogP) is 4.69. The fourth-order valence-electron chi connectivity index (χ4n) is 5.34. The number of carbonyl (C=O) groups is 1. The predicted molar refractivity (Wildman–Crippen MR) is 142 cm³/mol. The number of aromatic nitrogens is 2. The number of pyridine rings is 2. The van der Waals surface area contributed by atoms with E-state index in [1.54, 1.807) is 38.6 Å². The Bertz CT molecular complexity index is 1260. The molecule has 1 fully saturated rings. The third-order valence-electron chi connectivity index (χ3n) is 7.13. The number of hydrogen-bond donors (Lipinski definition) is 2. The molecular weight excluding hydrogens is 473 g/mol. The highest BCUT2D eigenvalue weighted by Crippen LogP contribution is 2.41. The van der Waals surface area contributed by atoms with E-state index in [1.807, 2.05) is 13.0 Å². The van der Waals surface area contributed by atoms with E-state index in [4.69, 9.17) is 10.5 Å². The van der Waals surface area contributed by atoms with Crippen molar-refractivity contribution in [3.8, 4) is 11.3 Å². The van der Waals surface area contributed by atoms with Gasteiger partial charge in [-0.15, -0.1) is 0 Å². The van der Waals surface area contributed by atoms with Gasteiger partial charge in [-0.2, -0.15) is 0 Å². The number of nitrogens with two attached hydrogens (primary N) is 1. The minimum absolute atomic E-state index is 0.0107. The molecule has 1 amide bonds. The zero-order valence-electron chi connectivity index (χ0n) is 21.4. The number of anilines is 1. The second-order valence-corrected chi connectivity index (χ2v) is 9.36. The van der Waals surface area contributed by atoms with Crippen molar-refractivity contribution in [3.63, 3.8) is 0 Å². The molecule has 1 saturated carbocycles. The summed E-state index contributed by atoms with van der Waals surface area (Å²) in [6, 6.07) is 8.65. The summed E-state index contributed by atoms with van der Waals surface area (Å²) in [6.07, 6.45) is 5.84. The molecule has 1 radical (unpaired) electrons. The average molecular weight is 505 g/mol. The van der Waals surface area contributed by atoms with Crippen molar-refractivity contribution in [1.82, 2.24) is 9.97 Å². The molecule has 3 aromatic rings. The van der Waals surface area contributed by atoms with Gasteiger partial charge in [-0.25, -0.2) is 13.8 Å². The lowest BCUT2D eigenvalue weighted by Crippen LogP contribution is -2.47. The van der Waals surface area contributed by atoms with Gasteiger partial charge in [0.2, 0.25) is 0 Å². The third-order valence-corrected chi connectivity index (χ3v) is 7.13. The molecule has 0 aliphatic heterocycles. The molecule has 2 aromatic heterocycles. The molecule has 4 rings (SSSR count). The van der Waals surface area contributed by atoms with Gasteiger partial charge in [-0.05, 0) is 61.4 Å². The van der Waals surface area contributed by atoms with Crippen LogP contribution in [0.1, 0.15) is 55.1 Å². The van der Waals surface area contributed by atoms with Crippen molar-refractivity contribution >= 4 is 24.3 Å². The zero-order chi connectivity index (χ0) is 26.5. The quantitative estimate of drug-likeness (QED) is 0.434. The Morgan fingerprint density at radius 3 is 2.70 bits per heavy atom. The number of benzene rings is 1. The van der Waals surface area contributed by atoms with Crippen LogP contribution in [0.2, 0.25) is 6.82 Å². The van der Waals surface area contributed by atoms with Crippen molar-refractivity contribution in [2.75, 3.05) is 11.9 Å². The second kappa shape index (κ2) is 11.9. The fraction of sp³-hybridized carbons (Fsp3) is 0.393. The maximum atomic E-state index is 14.7. The summed E-state index contributed by atoms with van der Waals surface area (Å²) in [5.74, 6) is -1.44. The highest BCUT2D eigenvalue weighted by Gasteiger charge is 2.37. The molecule has 4 atom stereocenters. The molecule has 4 unspecified atom stereocenters. The summed E-state index contributed by atoms with van der Waals surface area (Å²) in [5, 5.41) is 2.89. The van der Waals surface area contributed by atoms with Crippen molar-refractivity contribution < 1.29 is 18.3 Å². The standard InChI is InChI=1S/C28H32BF2N4O2/c1-4-16-13-17(14-22(32)27(16)37-5-2)18-11-12-33-15-24(18)35-28(36)23-10-9-21(31)26(34-23)25-19(29-3)7-6-8-20(25)30/h6-12,15-17,22,27H,4-5,13-14,32H2,1-3H3,(H,35,36). The molecule has 37 heavy (non-hydrogen) atoms. The van der Waals surface area contributed by atoms with Gasteiger partial charge in [0.15, 0.2) is 0 Å². The monoisotopic (exact) mass is 505 g/mol. The minimum Gasteiger partial charge on any atom is -0.377 e. The van der Waals surface area contributed by atoms with E-state index in [9.17, 15) is 13.6 Å². The van der Waals surface area contributed by atoms with Crippen LogP contribution in [-0.4, -0.2) is 41.9 Å². The smallest absolute Gasteiger partial charge is 0.274 e. The molecule has 1 aliphatic rings. The molecule has 193 valence electrons. The lowest BCUT2D eigenvalue weighted by atomic mass is 9.70. The van der Waals surface area contributed by atoms with Crippen LogP contribution in [0.15, 0.2) is 48.8 Å². The van der Waals surface area contributed by atoms with Crippen LogP contribution in [0, 0.1) is 17.6 Å². The maximum Gasteiger partial charge on any atom is 0.274 e. The van der Waals surface area contributed by atoms with Gasteiger partial charge in [0.25, 0.3) is 5.91 Å². The van der Waals surface area contributed by atoms with Gasteiger partial charge >= 0.3 is 0 Å². The number of hydrogen-bond acceptors (Lipinski definition) is 5. The van der Waals surface area contributed by atoms with Crippen molar-refractivity contribution in [3.05, 3.63) is 71.7 Å². The summed E-state index contributed by atoms with van der Waals surface area (Å²) < 4.78 is 35.3. The van der Waals surface area contributed by atoms with Crippen LogP contribution in [0.3, 0.4) is 0 Å². The maximum absolute atomic E-state index is 14.7. The SMILES string of the molecule is C[B]c1cccc(F)c1-c1nc(C(=O)Nc2cnccc2C2CC(N)C(OCC)C(CC)C2)ccc1F. The first-order valence-electron chi connectivity index (χ1n) is 12.7. The summed E-state index contributed by atoms with van der Waals surface area (Å²) in [4.78, 5) is 21.6. The van der Waals surface area contributed by atoms with Crippen molar-refractivity contribution in [1.29, 1.82) is 0 Å². The molecule has 6 nitrogen and oxygen atoms in total. The lowest BCUT2D eigenvalue weighted by Gasteiger charge is -2.40. The highest BCUT2D eigenvalue weighted by molar-refractivity contribution is 6.54. The van der Waals surface area contributed by atoms with Gasteiger partial charge in [0.1, 0.15) is 30.3 Å². The van der Waals surface area contributed by atoms with Crippen molar-refractivity contribution in [2.45, 2.75) is 58.0 Å². The fourth-order valence-corrected chi connectivity index (χ4v) is 5.34. The van der Waals surface area contributed by atoms with E-state index in [0.717, 1.165) is 30.9 Å². The Labute approximate surface area is 217 Å². The highest BCUT2D eigenvalue weighted by atomic mass is 19.1. The van der Waals surface area contributed by atoms with E-state index in [2.05, 4.69) is 22.2 Å². The van der Waals surface area contributed by atoms with Gasteiger partial charge < -0.3 is 15.8 Å². The molecule has 2 heterocycles. The van der Waals surface area contributed by atoms with Crippen LogP contribution >= 0.6 is 0 Å².